The molecule has 2 nitrogen and oxygen atoms in total. The first-order chi connectivity index (χ1) is 7.09. The Kier molecular flexibility index (Phi) is 3.14. The Morgan fingerprint density at radius 3 is 2.67 bits per heavy atom. The highest BCUT2D eigenvalue weighted by atomic mass is 35.5. The van der Waals surface area contributed by atoms with Crippen molar-refractivity contribution in [1.29, 1.82) is 0 Å². The van der Waals surface area contributed by atoms with Crippen LogP contribution < -0.4 is 0 Å². The average molecular weight is 263 g/mol. The van der Waals surface area contributed by atoms with E-state index in [1.807, 2.05) is 0 Å². The summed E-state index contributed by atoms with van der Waals surface area (Å²) in [6.45, 7) is 0. The lowest BCUT2D eigenvalue weighted by molar-refractivity contribution is -0.141. The van der Waals surface area contributed by atoms with E-state index in [1.165, 1.54) is 0 Å². The lowest BCUT2D eigenvalue weighted by atomic mass is 9.99. The van der Waals surface area contributed by atoms with Crippen LogP contribution in [0.15, 0.2) is 18.2 Å². The number of rotatable bonds is 2. The summed E-state index contributed by atoms with van der Waals surface area (Å²) in [7, 11) is 0. The molecule has 1 heterocycles. The van der Waals surface area contributed by atoms with Gasteiger partial charge in [-0.15, -0.1) is 0 Å². The number of carboxylic acids is 1. The van der Waals surface area contributed by atoms with Crippen LogP contribution in [-0.4, -0.2) is 16.8 Å². The molecule has 5 heteroatoms. The molecule has 0 spiro atoms. The highest BCUT2D eigenvalue weighted by molar-refractivity contribution is 8.01. The summed E-state index contributed by atoms with van der Waals surface area (Å²) in [6.07, 6.45) is 0. The van der Waals surface area contributed by atoms with Crippen LogP contribution in [0.2, 0.25) is 10.0 Å². The Morgan fingerprint density at radius 2 is 2.20 bits per heavy atom. The first-order valence-corrected chi connectivity index (χ1v) is 6.19. The predicted octanol–water partition coefficient (Wildman–Crippen LogP) is 3.48. The summed E-state index contributed by atoms with van der Waals surface area (Å²) in [5.74, 6) is -0.433. The van der Waals surface area contributed by atoms with Crippen LogP contribution in [0.25, 0.3) is 0 Å². The van der Waals surface area contributed by atoms with Crippen molar-refractivity contribution in [2.75, 3.05) is 5.75 Å². The quantitative estimate of drug-likeness (QED) is 0.887. The number of thioether (sulfide) groups is 1. The van der Waals surface area contributed by atoms with E-state index in [1.54, 1.807) is 30.0 Å². The maximum Gasteiger partial charge on any atom is 0.308 e. The second-order valence-electron chi connectivity index (χ2n) is 3.36. The Morgan fingerprint density at radius 1 is 1.47 bits per heavy atom. The van der Waals surface area contributed by atoms with Gasteiger partial charge in [0.15, 0.2) is 0 Å². The standard InChI is InChI=1S/C10H8Cl2O2S/c11-5-1-2-6(8(12)3-5)9-7(4-15-9)10(13)14/h1-3,7,9H,4H2,(H,13,14). The molecule has 0 aliphatic carbocycles. The van der Waals surface area contributed by atoms with Crippen molar-refractivity contribution in [3.63, 3.8) is 0 Å². The van der Waals surface area contributed by atoms with Gasteiger partial charge in [-0.3, -0.25) is 4.79 Å². The third-order valence-corrected chi connectivity index (χ3v) is 4.46. The molecule has 2 rings (SSSR count). The van der Waals surface area contributed by atoms with Gasteiger partial charge in [0.25, 0.3) is 0 Å². The summed E-state index contributed by atoms with van der Waals surface area (Å²) in [4.78, 5) is 10.9. The molecule has 2 unspecified atom stereocenters. The highest BCUT2D eigenvalue weighted by Crippen LogP contribution is 2.49. The Hall–Kier alpha value is -0.380. The molecule has 1 saturated heterocycles. The lowest BCUT2D eigenvalue weighted by Gasteiger charge is -2.33. The molecule has 0 radical (unpaired) electrons. The van der Waals surface area contributed by atoms with Gasteiger partial charge < -0.3 is 5.11 Å². The van der Waals surface area contributed by atoms with Crippen molar-refractivity contribution in [2.24, 2.45) is 5.92 Å². The molecule has 0 aromatic heterocycles. The van der Waals surface area contributed by atoms with Gasteiger partial charge in [-0.2, -0.15) is 11.8 Å². The van der Waals surface area contributed by atoms with Crippen LogP contribution in [0.5, 0.6) is 0 Å². The fourth-order valence-electron chi connectivity index (χ4n) is 1.53. The maximum atomic E-state index is 10.9. The number of aliphatic carboxylic acids is 1. The Balaban J connectivity index is 2.27. The van der Waals surface area contributed by atoms with Gasteiger partial charge in [0.05, 0.1) is 5.92 Å². The lowest BCUT2D eigenvalue weighted by Crippen LogP contribution is -2.31. The van der Waals surface area contributed by atoms with E-state index in [9.17, 15) is 4.79 Å². The van der Waals surface area contributed by atoms with Gasteiger partial charge in [-0.05, 0) is 17.7 Å². The van der Waals surface area contributed by atoms with Crippen molar-refractivity contribution in [1.82, 2.24) is 0 Å². The molecular formula is C10H8Cl2O2S. The van der Waals surface area contributed by atoms with Crippen molar-refractivity contribution in [2.45, 2.75) is 5.25 Å². The molecule has 1 N–H and O–H groups in total. The molecule has 1 aliphatic rings. The van der Waals surface area contributed by atoms with E-state index < -0.39 is 5.97 Å². The number of carboxylic acid groups (broad SMARTS) is 1. The van der Waals surface area contributed by atoms with Gasteiger partial charge in [0.2, 0.25) is 0 Å². The molecule has 1 aromatic carbocycles. The minimum absolute atomic E-state index is 0.0349. The average Bonchev–Trinajstić information content (AvgIpc) is 2.06. The molecule has 2 atom stereocenters. The number of hydrogen-bond donors (Lipinski definition) is 1. The molecule has 1 aliphatic heterocycles. The second-order valence-corrected chi connectivity index (χ2v) is 5.38. The molecule has 0 saturated carbocycles. The molecule has 80 valence electrons. The van der Waals surface area contributed by atoms with E-state index in [0.717, 1.165) is 5.56 Å². The van der Waals surface area contributed by atoms with E-state index in [-0.39, 0.29) is 11.2 Å². The minimum atomic E-state index is -0.759. The zero-order valence-electron chi connectivity index (χ0n) is 7.61. The summed E-state index contributed by atoms with van der Waals surface area (Å²) < 4.78 is 0. The van der Waals surface area contributed by atoms with Crippen LogP contribution >= 0.6 is 35.0 Å². The maximum absolute atomic E-state index is 10.9. The predicted molar refractivity (Wildman–Crippen MR) is 62.8 cm³/mol. The van der Waals surface area contributed by atoms with Gasteiger partial charge in [-0.25, -0.2) is 0 Å². The highest BCUT2D eigenvalue weighted by Gasteiger charge is 2.39. The summed E-state index contributed by atoms with van der Waals surface area (Å²) in [6, 6.07) is 5.19. The first-order valence-electron chi connectivity index (χ1n) is 4.39. The zero-order valence-corrected chi connectivity index (χ0v) is 9.94. The minimum Gasteiger partial charge on any atom is -0.481 e. The number of benzene rings is 1. The number of hydrogen-bond acceptors (Lipinski definition) is 2. The number of carbonyl (C=O) groups is 1. The SMILES string of the molecule is O=C(O)C1CSC1c1ccc(Cl)cc1Cl. The monoisotopic (exact) mass is 262 g/mol. The normalized spacial score (nSPS) is 24.7. The largest absolute Gasteiger partial charge is 0.481 e. The van der Waals surface area contributed by atoms with Crippen molar-refractivity contribution in [3.8, 4) is 0 Å². The Bertz CT molecular complexity index is 408. The van der Waals surface area contributed by atoms with E-state index in [0.29, 0.717) is 15.8 Å². The van der Waals surface area contributed by atoms with Gasteiger partial charge >= 0.3 is 5.97 Å². The molecule has 0 bridgehead atoms. The van der Waals surface area contributed by atoms with Gasteiger partial charge in [0.1, 0.15) is 0 Å². The first kappa shape index (κ1) is 11.1. The third-order valence-electron chi connectivity index (χ3n) is 2.41. The molecule has 0 amide bonds. The van der Waals surface area contributed by atoms with Crippen LogP contribution in [0.1, 0.15) is 10.8 Å². The van der Waals surface area contributed by atoms with Crippen LogP contribution in [0.3, 0.4) is 0 Å². The summed E-state index contributed by atoms with van der Waals surface area (Å²) in [5.41, 5.74) is 0.865. The van der Waals surface area contributed by atoms with Gasteiger partial charge in [-0.1, -0.05) is 29.3 Å². The summed E-state index contributed by atoms with van der Waals surface area (Å²) in [5, 5.41) is 10.0. The smallest absolute Gasteiger partial charge is 0.308 e. The van der Waals surface area contributed by atoms with Crippen LogP contribution in [-0.2, 0) is 4.79 Å². The third kappa shape index (κ3) is 2.10. The molecule has 1 fully saturated rings. The second kappa shape index (κ2) is 4.24. The van der Waals surface area contributed by atoms with Crippen LogP contribution in [0, 0.1) is 5.92 Å². The fourth-order valence-corrected chi connectivity index (χ4v) is 3.34. The van der Waals surface area contributed by atoms with E-state index in [4.69, 9.17) is 28.3 Å². The zero-order chi connectivity index (χ0) is 11.0. The molecule has 1 aromatic rings. The topological polar surface area (TPSA) is 37.3 Å². The fraction of sp³-hybridized carbons (Fsp3) is 0.300. The van der Waals surface area contributed by atoms with Crippen molar-refractivity contribution in [3.05, 3.63) is 33.8 Å². The van der Waals surface area contributed by atoms with E-state index in [2.05, 4.69) is 0 Å². The Labute approximate surface area is 102 Å². The summed E-state index contributed by atoms with van der Waals surface area (Å²) >= 11 is 13.4. The van der Waals surface area contributed by atoms with E-state index >= 15 is 0 Å². The molecular weight excluding hydrogens is 255 g/mol. The molecule has 15 heavy (non-hydrogen) atoms. The number of halogens is 2. The van der Waals surface area contributed by atoms with Crippen molar-refractivity contribution < 1.29 is 9.90 Å². The van der Waals surface area contributed by atoms with Gasteiger partial charge in [0, 0.05) is 21.0 Å². The van der Waals surface area contributed by atoms with Crippen LogP contribution in [0.4, 0.5) is 0 Å². The van der Waals surface area contributed by atoms with Crippen molar-refractivity contribution >= 4 is 40.9 Å².